The highest BCUT2D eigenvalue weighted by atomic mass is 16.2. The smallest absolute Gasteiger partial charge is 0.246 e. The van der Waals surface area contributed by atoms with Gasteiger partial charge in [-0.05, 0) is 17.0 Å². The number of nitrogens with zero attached hydrogens (tertiary/aromatic N) is 1. The van der Waals surface area contributed by atoms with Gasteiger partial charge in [0.05, 0.1) is 0 Å². The molecule has 1 saturated heterocycles. The fourth-order valence-electron chi connectivity index (χ4n) is 3.53. The molecule has 3 unspecified atom stereocenters. The van der Waals surface area contributed by atoms with Crippen LogP contribution in [0.2, 0.25) is 0 Å². The van der Waals surface area contributed by atoms with Crippen molar-refractivity contribution in [3.63, 3.8) is 0 Å². The number of carbonyl (C=O) groups is 2. The second-order valence-electron chi connectivity index (χ2n) is 7.03. The SMILES string of the molecule is CCC(C)C1C(=O)NC(Cc2ccccc2)C(=O)N1Cc1ccccc1. The fraction of sp³-hybridized carbons (Fsp3) is 0.364. The number of carbonyl (C=O) groups excluding carboxylic acids is 2. The zero-order valence-electron chi connectivity index (χ0n) is 15.4. The van der Waals surface area contributed by atoms with Crippen LogP contribution in [0.15, 0.2) is 60.7 Å². The van der Waals surface area contributed by atoms with Gasteiger partial charge in [-0.1, -0.05) is 80.9 Å². The summed E-state index contributed by atoms with van der Waals surface area (Å²) < 4.78 is 0. The van der Waals surface area contributed by atoms with E-state index < -0.39 is 12.1 Å². The zero-order valence-corrected chi connectivity index (χ0v) is 15.4. The van der Waals surface area contributed by atoms with E-state index in [1.165, 1.54) is 0 Å². The number of hydrogen-bond acceptors (Lipinski definition) is 2. The molecule has 1 aliphatic rings. The Morgan fingerprint density at radius 3 is 2.12 bits per heavy atom. The Kier molecular flexibility index (Phi) is 5.71. The average molecular weight is 350 g/mol. The predicted octanol–water partition coefficient (Wildman–Crippen LogP) is 3.17. The summed E-state index contributed by atoms with van der Waals surface area (Å²) in [5, 5.41) is 2.97. The number of rotatable bonds is 6. The number of piperazine rings is 1. The van der Waals surface area contributed by atoms with Gasteiger partial charge in [0, 0.05) is 13.0 Å². The van der Waals surface area contributed by atoms with Gasteiger partial charge in [0.1, 0.15) is 12.1 Å². The van der Waals surface area contributed by atoms with E-state index in [0.717, 1.165) is 17.5 Å². The molecule has 0 aliphatic carbocycles. The van der Waals surface area contributed by atoms with Crippen LogP contribution < -0.4 is 5.32 Å². The molecule has 0 spiro atoms. The number of amides is 2. The van der Waals surface area contributed by atoms with Crippen molar-refractivity contribution in [3.05, 3.63) is 71.8 Å². The molecule has 26 heavy (non-hydrogen) atoms. The van der Waals surface area contributed by atoms with Gasteiger partial charge in [-0.15, -0.1) is 0 Å². The lowest BCUT2D eigenvalue weighted by Crippen LogP contribution is -2.65. The van der Waals surface area contributed by atoms with Crippen molar-refractivity contribution in [1.82, 2.24) is 10.2 Å². The second kappa shape index (κ2) is 8.17. The Bertz CT molecular complexity index is 745. The molecular formula is C22H26N2O2. The normalized spacial score (nSPS) is 21.4. The van der Waals surface area contributed by atoms with E-state index in [9.17, 15) is 9.59 Å². The van der Waals surface area contributed by atoms with Crippen molar-refractivity contribution in [2.45, 2.75) is 45.3 Å². The molecule has 3 rings (SSSR count). The van der Waals surface area contributed by atoms with Gasteiger partial charge in [0.15, 0.2) is 0 Å². The average Bonchev–Trinajstić information content (AvgIpc) is 2.67. The van der Waals surface area contributed by atoms with E-state index in [2.05, 4.69) is 12.2 Å². The van der Waals surface area contributed by atoms with Crippen LogP contribution in [0, 0.1) is 5.92 Å². The molecule has 0 bridgehead atoms. The van der Waals surface area contributed by atoms with Crippen molar-refractivity contribution in [2.75, 3.05) is 0 Å². The summed E-state index contributed by atoms with van der Waals surface area (Å²) in [7, 11) is 0. The molecular weight excluding hydrogens is 324 g/mol. The molecule has 1 N–H and O–H groups in total. The van der Waals surface area contributed by atoms with Crippen LogP contribution in [0.3, 0.4) is 0 Å². The third kappa shape index (κ3) is 3.96. The van der Waals surface area contributed by atoms with Gasteiger partial charge >= 0.3 is 0 Å². The van der Waals surface area contributed by atoms with E-state index in [1.807, 2.05) is 67.6 Å². The third-order valence-electron chi connectivity index (χ3n) is 5.16. The summed E-state index contributed by atoms with van der Waals surface area (Å²) in [5.74, 6) is 0.0683. The first kappa shape index (κ1) is 18.2. The largest absolute Gasteiger partial charge is 0.342 e. The summed E-state index contributed by atoms with van der Waals surface area (Å²) in [6.07, 6.45) is 1.37. The molecule has 2 aromatic rings. The van der Waals surface area contributed by atoms with Crippen LogP contribution >= 0.6 is 0 Å². The fourth-order valence-corrected chi connectivity index (χ4v) is 3.53. The van der Waals surface area contributed by atoms with E-state index in [-0.39, 0.29) is 17.7 Å². The van der Waals surface area contributed by atoms with Crippen LogP contribution in [0.4, 0.5) is 0 Å². The maximum atomic E-state index is 13.2. The molecule has 1 aliphatic heterocycles. The monoisotopic (exact) mass is 350 g/mol. The van der Waals surface area contributed by atoms with Gasteiger partial charge < -0.3 is 10.2 Å². The van der Waals surface area contributed by atoms with Gasteiger partial charge in [-0.25, -0.2) is 0 Å². The number of hydrogen-bond donors (Lipinski definition) is 1. The molecule has 2 aromatic carbocycles. The molecule has 2 amide bonds. The highest BCUT2D eigenvalue weighted by Crippen LogP contribution is 2.23. The van der Waals surface area contributed by atoms with Gasteiger partial charge in [-0.2, -0.15) is 0 Å². The topological polar surface area (TPSA) is 49.4 Å². The van der Waals surface area contributed by atoms with Crippen molar-refractivity contribution < 1.29 is 9.59 Å². The Balaban J connectivity index is 1.86. The Hall–Kier alpha value is -2.62. The molecule has 136 valence electrons. The van der Waals surface area contributed by atoms with E-state index >= 15 is 0 Å². The van der Waals surface area contributed by atoms with Gasteiger partial charge in [-0.3, -0.25) is 9.59 Å². The predicted molar refractivity (Wildman–Crippen MR) is 102 cm³/mol. The van der Waals surface area contributed by atoms with Crippen LogP contribution in [0.5, 0.6) is 0 Å². The minimum atomic E-state index is -0.506. The quantitative estimate of drug-likeness (QED) is 0.870. The van der Waals surface area contributed by atoms with Gasteiger partial charge in [0.25, 0.3) is 0 Å². The lowest BCUT2D eigenvalue weighted by molar-refractivity contribution is -0.152. The first-order valence-electron chi connectivity index (χ1n) is 9.29. The first-order valence-corrected chi connectivity index (χ1v) is 9.29. The maximum Gasteiger partial charge on any atom is 0.246 e. The molecule has 3 atom stereocenters. The molecule has 4 heteroatoms. The Morgan fingerprint density at radius 1 is 0.962 bits per heavy atom. The molecule has 1 heterocycles. The Morgan fingerprint density at radius 2 is 1.54 bits per heavy atom. The number of benzene rings is 2. The lowest BCUT2D eigenvalue weighted by Gasteiger charge is -2.41. The van der Waals surface area contributed by atoms with E-state index in [0.29, 0.717) is 13.0 Å². The summed E-state index contributed by atoms with van der Waals surface area (Å²) in [4.78, 5) is 27.8. The molecule has 4 nitrogen and oxygen atoms in total. The van der Waals surface area contributed by atoms with Crippen molar-refractivity contribution in [2.24, 2.45) is 5.92 Å². The minimum Gasteiger partial charge on any atom is -0.342 e. The maximum absolute atomic E-state index is 13.2. The highest BCUT2D eigenvalue weighted by molar-refractivity contribution is 5.97. The standard InChI is InChI=1S/C22H26N2O2/c1-3-16(2)20-21(25)23-19(14-17-10-6-4-7-11-17)22(26)24(20)15-18-12-8-5-9-13-18/h4-13,16,19-20H,3,14-15H2,1-2H3,(H,23,25). The first-order chi connectivity index (χ1) is 12.6. The summed E-state index contributed by atoms with van der Waals surface area (Å²) in [6.45, 7) is 4.56. The zero-order chi connectivity index (χ0) is 18.5. The van der Waals surface area contributed by atoms with Crippen molar-refractivity contribution in [3.8, 4) is 0 Å². The highest BCUT2D eigenvalue weighted by Gasteiger charge is 2.42. The molecule has 0 aromatic heterocycles. The molecule has 1 fully saturated rings. The third-order valence-corrected chi connectivity index (χ3v) is 5.16. The summed E-state index contributed by atoms with van der Waals surface area (Å²) in [5.41, 5.74) is 2.09. The van der Waals surface area contributed by atoms with Gasteiger partial charge in [0.2, 0.25) is 11.8 Å². The van der Waals surface area contributed by atoms with Crippen LogP contribution in [0.1, 0.15) is 31.4 Å². The minimum absolute atomic E-state index is 0.00241. The van der Waals surface area contributed by atoms with Crippen LogP contribution in [-0.4, -0.2) is 28.8 Å². The van der Waals surface area contributed by atoms with E-state index in [1.54, 1.807) is 4.90 Å². The summed E-state index contributed by atoms with van der Waals surface area (Å²) >= 11 is 0. The lowest BCUT2D eigenvalue weighted by atomic mass is 9.91. The molecule has 0 radical (unpaired) electrons. The summed E-state index contributed by atoms with van der Waals surface area (Å²) in [6, 6.07) is 18.8. The number of nitrogens with one attached hydrogen (secondary N) is 1. The van der Waals surface area contributed by atoms with Crippen molar-refractivity contribution >= 4 is 11.8 Å². The Labute approximate surface area is 155 Å². The van der Waals surface area contributed by atoms with Crippen LogP contribution in [-0.2, 0) is 22.6 Å². The van der Waals surface area contributed by atoms with E-state index in [4.69, 9.17) is 0 Å². The van der Waals surface area contributed by atoms with Crippen molar-refractivity contribution in [1.29, 1.82) is 0 Å². The van der Waals surface area contributed by atoms with Crippen LogP contribution in [0.25, 0.3) is 0 Å². The second-order valence-corrected chi connectivity index (χ2v) is 7.03. The molecule has 0 saturated carbocycles.